The van der Waals surface area contributed by atoms with Crippen molar-refractivity contribution in [3.05, 3.63) is 23.8 Å². The smallest absolute Gasteiger partial charge is 0.163 e. The standard InChI is InChI=1S/C16H25NO3/c1-4-19-15-10-9-13(11-16(15)20-5-2)14(18)8-6-7-12(3)17/h9-12H,4-8,17H2,1-3H3. The lowest BCUT2D eigenvalue weighted by Crippen LogP contribution is -2.14. The molecule has 0 spiro atoms. The summed E-state index contributed by atoms with van der Waals surface area (Å²) in [7, 11) is 0. The van der Waals surface area contributed by atoms with Gasteiger partial charge in [0, 0.05) is 18.0 Å². The molecule has 0 aromatic heterocycles. The van der Waals surface area contributed by atoms with Gasteiger partial charge in [-0.1, -0.05) is 0 Å². The minimum Gasteiger partial charge on any atom is -0.490 e. The number of ketones is 1. The Morgan fingerprint density at radius 2 is 1.85 bits per heavy atom. The van der Waals surface area contributed by atoms with Gasteiger partial charge in [-0.15, -0.1) is 0 Å². The zero-order valence-electron chi connectivity index (χ0n) is 12.6. The van der Waals surface area contributed by atoms with Crippen LogP contribution in [0.3, 0.4) is 0 Å². The maximum Gasteiger partial charge on any atom is 0.163 e. The molecule has 0 amide bonds. The van der Waals surface area contributed by atoms with Crippen molar-refractivity contribution in [1.82, 2.24) is 0 Å². The SMILES string of the molecule is CCOc1ccc(C(=O)CCCC(C)N)cc1OCC. The topological polar surface area (TPSA) is 61.5 Å². The summed E-state index contributed by atoms with van der Waals surface area (Å²) < 4.78 is 11.0. The van der Waals surface area contributed by atoms with Crippen LogP contribution in [-0.4, -0.2) is 25.0 Å². The van der Waals surface area contributed by atoms with Crippen molar-refractivity contribution in [3.8, 4) is 11.5 Å². The van der Waals surface area contributed by atoms with E-state index in [9.17, 15) is 4.79 Å². The normalized spacial score (nSPS) is 12.0. The summed E-state index contributed by atoms with van der Waals surface area (Å²) in [6.45, 7) is 6.90. The van der Waals surface area contributed by atoms with E-state index in [2.05, 4.69) is 0 Å². The Morgan fingerprint density at radius 3 is 2.45 bits per heavy atom. The molecule has 1 aromatic rings. The Balaban J connectivity index is 2.74. The summed E-state index contributed by atoms with van der Waals surface area (Å²) in [6.07, 6.45) is 2.19. The fourth-order valence-corrected chi connectivity index (χ4v) is 1.95. The second-order valence-corrected chi connectivity index (χ2v) is 4.82. The van der Waals surface area contributed by atoms with Gasteiger partial charge >= 0.3 is 0 Å². The highest BCUT2D eigenvalue weighted by Gasteiger charge is 2.11. The average Bonchev–Trinajstić information content (AvgIpc) is 2.40. The van der Waals surface area contributed by atoms with Gasteiger partial charge in [-0.25, -0.2) is 0 Å². The summed E-state index contributed by atoms with van der Waals surface area (Å²) >= 11 is 0. The molecule has 0 aliphatic carbocycles. The summed E-state index contributed by atoms with van der Waals surface area (Å²) in [4.78, 5) is 12.1. The van der Waals surface area contributed by atoms with Gasteiger partial charge in [-0.3, -0.25) is 4.79 Å². The van der Waals surface area contributed by atoms with Gasteiger partial charge in [0.1, 0.15) is 0 Å². The van der Waals surface area contributed by atoms with Crippen molar-refractivity contribution in [2.75, 3.05) is 13.2 Å². The van der Waals surface area contributed by atoms with Gasteiger partial charge in [-0.05, 0) is 51.8 Å². The number of benzene rings is 1. The zero-order chi connectivity index (χ0) is 15.0. The van der Waals surface area contributed by atoms with E-state index in [4.69, 9.17) is 15.2 Å². The van der Waals surface area contributed by atoms with Gasteiger partial charge < -0.3 is 15.2 Å². The van der Waals surface area contributed by atoms with E-state index in [0.29, 0.717) is 36.7 Å². The summed E-state index contributed by atoms with van der Waals surface area (Å²) in [5.74, 6) is 1.43. The molecule has 0 aliphatic rings. The van der Waals surface area contributed by atoms with Crippen molar-refractivity contribution in [1.29, 1.82) is 0 Å². The average molecular weight is 279 g/mol. The second kappa shape index (κ2) is 8.59. The molecule has 20 heavy (non-hydrogen) atoms. The van der Waals surface area contributed by atoms with Crippen LogP contribution in [0.2, 0.25) is 0 Å². The number of hydrogen-bond acceptors (Lipinski definition) is 4. The molecular formula is C16H25NO3. The fourth-order valence-electron chi connectivity index (χ4n) is 1.95. The number of nitrogens with two attached hydrogens (primary N) is 1. The predicted molar refractivity (Wildman–Crippen MR) is 80.6 cm³/mol. The Morgan fingerprint density at radius 1 is 1.20 bits per heavy atom. The van der Waals surface area contributed by atoms with Crippen molar-refractivity contribution in [2.24, 2.45) is 5.73 Å². The molecule has 0 aliphatic heterocycles. The molecule has 4 nitrogen and oxygen atoms in total. The number of hydrogen-bond donors (Lipinski definition) is 1. The van der Waals surface area contributed by atoms with Crippen LogP contribution < -0.4 is 15.2 Å². The van der Waals surface area contributed by atoms with E-state index in [-0.39, 0.29) is 11.8 Å². The highest BCUT2D eigenvalue weighted by atomic mass is 16.5. The zero-order valence-corrected chi connectivity index (χ0v) is 12.6. The third-order valence-electron chi connectivity index (χ3n) is 2.93. The first kappa shape index (κ1) is 16.5. The first-order valence-corrected chi connectivity index (χ1v) is 7.26. The molecule has 1 aromatic carbocycles. The lowest BCUT2D eigenvalue weighted by molar-refractivity contribution is 0.0978. The summed E-state index contributed by atoms with van der Waals surface area (Å²) in [5.41, 5.74) is 6.35. The van der Waals surface area contributed by atoms with Crippen molar-refractivity contribution >= 4 is 5.78 Å². The molecule has 0 saturated carbocycles. The third-order valence-corrected chi connectivity index (χ3v) is 2.93. The minimum absolute atomic E-state index is 0.120. The number of Topliss-reactive ketones (excluding diaryl/α,β-unsaturated/α-hetero) is 1. The fraction of sp³-hybridized carbons (Fsp3) is 0.562. The molecule has 2 N–H and O–H groups in total. The molecule has 1 atom stereocenters. The van der Waals surface area contributed by atoms with Crippen molar-refractivity contribution in [2.45, 2.75) is 46.1 Å². The number of carbonyl (C=O) groups is 1. The van der Waals surface area contributed by atoms with Crippen LogP contribution in [0.4, 0.5) is 0 Å². The monoisotopic (exact) mass is 279 g/mol. The van der Waals surface area contributed by atoms with Gasteiger partial charge in [0.2, 0.25) is 0 Å². The van der Waals surface area contributed by atoms with Crippen LogP contribution in [0.5, 0.6) is 11.5 Å². The Kier molecular flexibility index (Phi) is 7.09. The Labute approximate surface area is 121 Å². The Hall–Kier alpha value is -1.55. The highest BCUT2D eigenvalue weighted by Crippen LogP contribution is 2.29. The van der Waals surface area contributed by atoms with E-state index in [1.54, 1.807) is 18.2 Å². The van der Waals surface area contributed by atoms with Crippen LogP contribution >= 0.6 is 0 Å². The number of ether oxygens (including phenoxy) is 2. The minimum atomic E-state index is 0.120. The van der Waals surface area contributed by atoms with Gasteiger partial charge in [0.15, 0.2) is 17.3 Å². The van der Waals surface area contributed by atoms with Crippen LogP contribution in [0.15, 0.2) is 18.2 Å². The van der Waals surface area contributed by atoms with E-state index < -0.39 is 0 Å². The molecule has 0 fully saturated rings. The maximum atomic E-state index is 12.1. The van der Waals surface area contributed by atoms with E-state index in [0.717, 1.165) is 12.8 Å². The van der Waals surface area contributed by atoms with Crippen molar-refractivity contribution in [3.63, 3.8) is 0 Å². The molecule has 0 heterocycles. The quantitative estimate of drug-likeness (QED) is 0.705. The molecule has 0 saturated heterocycles. The highest BCUT2D eigenvalue weighted by molar-refractivity contribution is 5.96. The molecule has 112 valence electrons. The van der Waals surface area contributed by atoms with Crippen LogP contribution in [0, 0.1) is 0 Å². The van der Waals surface area contributed by atoms with Gasteiger partial charge in [0.05, 0.1) is 13.2 Å². The van der Waals surface area contributed by atoms with E-state index in [1.165, 1.54) is 0 Å². The molecule has 1 unspecified atom stereocenters. The maximum absolute atomic E-state index is 12.1. The molecule has 4 heteroatoms. The number of rotatable bonds is 9. The van der Waals surface area contributed by atoms with Crippen LogP contribution in [-0.2, 0) is 0 Å². The van der Waals surface area contributed by atoms with E-state index in [1.807, 2.05) is 20.8 Å². The third kappa shape index (κ3) is 5.21. The van der Waals surface area contributed by atoms with Crippen molar-refractivity contribution < 1.29 is 14.3 Å². The van der Waals surface area contributed by atoms with E-state index >= 15 is 0 Å². The molecule has 1 rings (SSSR count). The predicted octanol–water partition coefficient (Wildman–Crippen LogP) is 3.18. The second-order valence-electron chi connectivity index (χ2n) is 4.82. The molecule has 0 bridgehead atoms. The Bertz CT molecular complexity index is 430. The first-order chi connectivity index (χ1) is 9.58. The van der Waals surface area contributed by atoms with Gasteiger partial charge in [-0.2, -0.15) is 0 Å². The largest absolute Gasteiger partial charge is 0.490 e. The van der Waals surface area contributed by atoms with Crippen LogP contribution in [0.1, 0.15) is 50.4 Å². The first-order valence-electron chi connectivity index (χ1n) is 7.26. The molecular weight excluding hydrogens is 254 g/mol. The summed E-state index contributed by atoms with van der Waals surface area (Å²) in [5, 5.41) is 0. The molecule has 0 radical (unpaired) electrons. The van der Waals surface area contributed by atoms with Crippen LogP contribution in [0.25, 0.3) is 0 Å². The van der Waals surface area contributed by atoms with Gasteiger partial charge in [0.25, 0.3) is 0 Å². The lowest BCUT2D eigenvalue weighted by atomic mass is 10.0. The lowest BCUT2D eigenvalue weighted by Gasteiger charge is -2.12. The summed E-state index contributed by atoms with van der Waals surface area (Å²) in [6, 6.07) is 5.50. The number of carbonyl (C=O) groups excluding carboxylic acids is 1.